The Morgan fingerprint density at radius 2 is 0.500 bits per heavy atom. The van der Waals surface area contributed by atoms with E-state index in [1.54, 1.807) is 0 Å². The van der Waals surface area contributed by atoms with Gasteiger partial charge in [0.15, 0.2) is 69.8 Å². The van der Waals surface area contributed by atoms with Crippen LogP contribution >= 0.6 is 0 Å². The van der Waals surface area contributed by atoms with Crippen molar-refractivity contribution in [1.29, 1.82) is 0 Å². The number of hydrogen-bond acceptors (Lipinski definition) is 0. The van der Waals surface area contributed by atoms with E-state index in [2.05, 4.69) is 51.4 Å². The number of benzene rings is 4. The topological polar surface area (TPSA) is 0 Å². The summed E-state index contributed by atoms with van der Waals surface area (Å²) >= 11 is 0. The summed E-state index contributed by atoms with van der Waals surface area (Å²) in [6.07, 6.45) is 2.78. The van der Waals surface area contributed by atoms with Crippen LogP contribution < -0.4 is 21.9 Å². The summed E-state index contributed by atoms with van der Waals surface area (Å²) in [6.45, 7) is 13.6. The monoisotopic (exact) mass is 953 g/mol. The molecule has 5 rings (SSSR count). The number of allylic oxidation sites excluding steroid dienone is 4. The molecule has 4 aromatic rings. The zero-order valence-corrected chi connectivity index (χ0v) is 35.1. The van der Waals surface area contributed by atoms with Crippen molar-refractivity contribution < 1.29 is 110 Å². The van der Waals surface area contributed by atoms with E-state index in [1.165, 1.54) is 0 Å². The Bertz CT molecular complexity index is 1860. The smallest absolute Gasteiger partial charge is 0.358 e. The van der Waals surface area contributed by atoms with Gasteiger partial charge in [-0.2, -0.15) is 6.08 Å². The van der Waals surface area contributed by atoms with Gasteiger partial charge in [-0.1, -0.05) is 39.3 Å². The van der Waals surface area contributed by atoms with Gasteiger partial charge >= 0.3 is 21.7 Å². The van der Waals surface area contributed by atoms with E-state index in [0.717, 1.165) is 6.42 Å². The Kier molecular flexibility index (Phi) is 20.9. The average Bonchev–Trinajstić information content (AvgIpc) is 3.75. The number of rotatable bonds is 4. The average molecular weight is 953 g/mol. The maximum Gasteiger partial charge on any atom is 2.00 e. The van der Waals surface area contributed by atoms with Crippen LogP contribution in [0, 0.1) is 130 Å². The van der Waals surface area contributed by atoms with Crippen LogP contribution in [-0.2, 0) is 21.7 Å². The van der Waals surface area contributed by atoms with E-state index >= 15 is 35.1 Å². The maximum absolute atomic E-state index is 15.4. The zero-order chi connectivity index (χ0) is 45.0. The minimum Gasteiger partial charge on any atom is -0.358 e. The van der Waals surface area contributed by atoms with Crippen molar-refractivity contribution in [3.05, 3.63) is 148 Å². The van der Waals surface area contributed by atoms with E-state index in [-0.39, 0.29) is 46.7 Å². The molecule has 0 aromatic heterocycles. The predicted octanol–water partition coefficient (Wildman–Crippen LogP) is 10.3. The van der Waals surface area contributed by atoms with Crippen molar-refractivity contribution in [1.82, 2.24) is 0 Å². The molecule has 0 atom stereocenters. The van der Waals surface area contributed by atoms with Gasteiger partial charge in [0.25, 0.3) is 0 Å². The van der Waals surface area contributed by atoms with Crippen molar-refractivity contribution >= 4 is 45.6 Å². The summed E-state index contributed by atoms with van der Waals surface area (Å²) in [6, 6.07) is 0. The summed E-state index contributed by atoms with van der Waals surface area (Å²) in [5.41, 5.74) is -14.3. The zero-order valence-electron chi connectivity index (χ0n) is 31.6. The minimum absolute atomic E-state index is 0. The van der Waals surface area contributed by atoms with E-state index < -0.39 is 144 Å². The summed E-state index contributed by atoms with van der Waals surface area (Å²) < 4.78 is 294. The molecule has 0 unspecified atom stereocenters. The van der Waals surface area contributed by atoms with Gasteiger partial charge in [0.1, 0.15) is 52.7 Å². The standard InChI is InChI=1S/C24BF20.C5H5.2C3H9Si.CH3.Ti/c26-5-1(6(27)14(35)21(42)13(5)34)25(2-7(28)15(36)22(43)16(37)8(2)29,3-9(30)17(38)23(44)18(39)10(3)31)4-11(32)19(40)24(45)20(41)12(4)33;1-2-4-5-3-1;2*1-4(2)3;;/h;1-3H,4H2;2*1-3H3;1H3;/q2*-1;;;-1;+2. The third-order valence-corrected chi connectivity index (χ3v) is 7.29. The fourth-order valence-corrected chi connectivity index (χ4v) is 5.21. The molecule has 0 saturated heterocycles. The first-order valence-corrected chi connectivity index (χ1v) is 21.7. The SMILES string of the molecule is C[Si](C)C.C[Si](C)C.Fc1c(F)c(F)c([B-](c2c(F)c(F)c(F)c(F)c2F)(c2c(F)c(F)c(F)c(F)c2F)c2c(F)c(F)c(F)c(F)c2F)c(F)c1F.[C-]1=CC=CC1.[CH3-].[Ti+2]. The Hall–Kier alpha value is -3.83. The molecule has 2 radical (unpaired) electrons. The van der Waals surface area contributed by atoms with Gasteiger partial charge in [-0.25, -0.2) is 100.0 Å². The first-order valence-electron chi connectivity index (χ1n) is 15.7. The van der Waals surface area contributed by atoms with Gasteiger partial charge in [0.05, 0.1) is 0 Å². The summed E-state index contributed by atoms with van der Waals surface area (Å²) in [5.74, 6) is -71.4. The van der Waals surface area contributed by atoms with E-state index in [9.17, 15) is 52.7 Å². The molecule has 24 heteroatoms. The third kappa shape index (κ3) is 10.4. The first kappa shape index (κ1) is 56.2. The molecule has 0 spiro atoms. The predicted molar refractivity (Wildman–Crippen MR) is 184 cm³/mol. The van der Waals surface area contributed by atoms with Crippen LogP contribution in [0.4, 0.5) is 87.8 Å². The molecular formula is C36H26BF20Si2Ti-. The second-order valence-electron chi connectivity index (χ2n) is 12.8. The molecule has 1 aliphatic rings. The maximum atomic E-state index is 15.4. The Morgan fingerprint density at radius 3 is 0.600 bits per heavy atom. The van der Waals surface area contributed by atoms with Gasteiger partial charge in [-0.3, -0.25) is 6.08 Å². The quantitative estimate of drug-likeness (QED) is 0.0629. The van der Waals surface area contributed by atoms with Gasteiger partial charge < -0.3 is 7.43 Å². The van der Waals surface area contributed by atoms with Crippen LogP contribution in [0.2, 0.25) is 39.3 Å². The molecule has 0 saturated carbocycles. The number of hydrogen-bond donors (Lipinski definition) is 0. The number of halogens is 20. The van der Waals surface area contributed by atoms with Gasteiger partial charge in [0, 0.05) is 17.6 Å². The van der Waals surface area contributed by atoms with Crippen LogP contribution in [-0.4, -0.2) is 23.7 Å². The normalized spacial score (nSPS) is 11.7. The molecule has 0 amide bonds. The summed E-state index contributed by atoms with van der Waals surface area (Å²) in [4.78, 5) is 0. The van der Waals surface area contributed by atoms with Crippen LogP contribution in [0.15, 0.2) is 18.2 Å². The van der Waals surface area contributed by atoms with Crippen LogP contribution in [0.3, 0.4) is 0 Å². The molecule has 0 N–H and O–H groups in total. The second kappa shape index (κ2) is 22.3. The molecule has 0 bridgehead atoms. The molecular weight excluding hydrogens is 927 g/mol. The van der Waals surface area contributed by atoms with Gasteiger partial charge in [0.2, 0.25) is 0 Å². The summed E-state index contributed by atoms with van der Waals surface area (Å²) in [7, 11) is 0.241. The van der Waals surface area contributed by atoms with Crippen molar-refractivity contribution in [2.75, 3.05) is 0 Å². The fourth-order valence-electron chi connectivity index (χ4n) is 5.21. The molecule has 60 heavy (non-hydrogen) atoms. The van der Waals surface area contributed by atoms with Crippen molar-refractivity contribution in [3.63, 3.8) is 0 Å². The van der Waals surface area contributed by atoms with E-state index in [0.29, 0.717) is 0 Å². The van der Waals surface area contributed by atoms with Crippen LogP contribution in [0.25, 0.3) is 0 Å². The molecule has 4 aromatic carbocycles. The van der Waals surface area contributed by atoms with Crippen molar-refractivity contribution in [3.8, 4) is 0 Å². The van der Waals surface area contributed by atoms with E-state index in [4.69, 9.17) is 0 Å². The summed E-state index contributed by atoms with van der Waals surface area (Å²) in [5, 5.41) is 0. The molecule has 0 nitrogen and oxygen atoms in total. The molecule has 0 fully saturated rings. The molecule has 326 valence electrons. The molecule has 1 aliphatic carbocycles. The van der Waals surface area contributed by atoms with Crippen LogP contribution in [0.5, 0.6) is 0 Å². The second-order valence-corrected chi connectivity index (χ2v) is 18.8. The van der Waals surface area contributed by atoms with Crippen molar-refractivity contribution in [2.24, 2.45) is 0 Å². The Labute approximate surface area is 348 Å². The Balaban J connectivity index is 0.00000200. The molecule has 0 heterocycles. The fraction of sp³-hybridized carbons (Fsp3) is 0.194. The largest absolute Gasteiger partial charge is 2.00 e. The van der Waals surface area contributed by atoms with Gasteiger partial charge in [-0.15, -0.1) is 28.3 Å². The third-order valence-electron chi connectivity index (χ3n) is 7.29. The minimum atomic E-state index is -7.22. The van der Waals surface area contributed by atoms with Gasteiger partial charge in [-0.05, 0) is 0 Å². The van der Waals surface area contributed by atoms with Crippen molar-refractivity contribution in [2.45, 2.75) is 45.7 Å². The van der Waals surface area contributed by atoms with E-state index in [1.807, 2.05) is 12.2 Å². The Morgan fingerprint density at radius 1 is 0.350 bits per heavy atom. The molecule has 0 aliphatic heterocycles. The van der Waals surface area contributed by atoms with Crippen LogP contribution in [0.1, 0.15) is 6.42 Å². The first-order chi connectivity index (χ1) is 26.7.